The van der Waals surface area contributed by atoms with Crippen molar-refractivity contribution in [3.8, 4) is 16.3 Å². The number of nitrogens with one attached hydrogen (secondary N) is 2. The number of benzene rings is 1. The second-order valence-corrected chi connectivity index (χ2v) is 5.96. The smallest absolute Gasteiger partial charge is 0.416 e. The minimum atomic E-state index is -4.52. The van der Waals surface area contributed by atoms with E-state index in [9.17, 15) is 18.0 Å². The Bertz CT molecular complexity index is 888. The van der Waals surface area contributed by atoms with Crippen molar-refractivity contribution in [2.75, 3.05) is 12.4 Å². The first-order chi connectivity index (χ1) is 11.9. The molecule has 2 heterocycles. The lowest BCUT2D eigenvalue weighted by molar-refractivity contribution is -0.137. The predicted molar refractivity (Wildman–Crippen MR) is 87.8 cm³/mol. The second-order valence-electron chi connectivity index (χ2n) is 5.01. The van der Waals surface area contributed by atoms with Crippen molar-refractivity contribution >= 4 is 22.9 Å². The average Bonchev–Trinajstić information content (AvgIpc) is 3.25. The Hall–Kier alpha value is -2.81. The van der Waals surface area contributed by atoms with Crippen molar-refractivity contribution < 1.29 is 22.7 Å². The largest absolute Gasteiger partial charge is 0.495 e. The van der Waals surface area contributed by atoms with Gasteiger partial charge in [0, 0.05) is 0 Å². The number of hydrogen-bond acceptors (Lipinski definition) is 4. The Balaban J connectivity index is 1.85. The van der Waals surface area contributed by atoms with Gasteiger partial charge in [-0.05, 0) is 35.7 Å². The number of alkyl halides is 3. The van der Waals surface area contributed by atoms with Gasteiger partial charge in [0.25, 0.3) is 5.91 Å². The number of carbonyl (C=O) groups is 1. The molecule has 0 aliphatic carbocycles. The van der Waals surface area contributed by atoms with Crippen molar-refractivity contribution in [2.24, 2.45) is 0 Å². The average molecular weight is 367 g/mol. The molecule has 0 bridgehead atoms. The molecule has 130 valence electrons. The molecule has 9 heteroatoms. The molecular formula is C16H12F3N3O2S. The zero-order valence-corrected chi connectivity index (χ0v) is 13.7. The number of anilines is 1. The Labute approximate surface area is 144 Å². The van der Waals surface area contributed by atoms with E-state index in [1.165, 1.54) is 24.5 Å². The van der Waals surface area contributed by atoms with E-state index in [0.29, 0.717) is 5.69 Å². The van der Waals surface area contributed by atoms with Crippen molar-refractivity contribution in [1.82, 2.24) is 10.2 Å². The van der Waals surface area contributed by atoms with Gasteiger partial charge < -0.3 is 10.1 Å². The number of nitrogens with zero attached hydrogens (tertiary/aromatic N) is 1. The molecule has 2 N–H and O–H groups in total. The van der Waals surface area contributed by atoms with E-state index < -0.39 is 17.6 Å². The number of H-pyrrole nitrogens is 1. The molecule has 3 aromatic rings. The summed E-state index contributed by atoms with van der Waals surface area (Å²) < 4.78 is 43.6. The van der Waals surface area contributed by atoms with Crippen LogP contribution in [0.4, 0.5) is 18.9 Å². The van der Waals surface area contributed by atoms with Crippen molar-refractivity contribution in [3.05, 3.63) is 53.0 Å². The molecule has 0 radical (unpaired) electrons. The minimum Gasteiger partial charge on any atom is -0.495 e. The van der Waals surface area contributed by atoms with Gasteiger partial charge in [-0.1, -0.05) is 6.07 Å². The topological polar surface area (TPSA) is 67.0 Å². The molecule has 1 amide bonds. The van der Waals surface area contributed by atoms with Gasteiger partial charge in [-0.2, -0.15) is 18.3 Å². The van der Waals surface area contributed by atoms with Crippen LogP contribution in [0.3, 0.4) is 0 Å². The quantitative estimate of drug-likeness (QED) is 0.717. The normalized spacial score (nSPS) is 11.4. The Kier molecular flexibility index (Phi) is 4.49. The number of aromatic nitrogens is 2. The molecule has 0 aliphatic heterocycles. The van der Waals surface area contributed by atoms with Gasteiger partial charge in [-0.3, -0.25) is 9.89 Å². The highest BCUT2D eigenvalue weighted by molar-refractivity contribution is 7.13. The van der Waals surface area contributed by atoms with Crippen molar-refractivity contribution in [3.63, 3.8) is 0 Å². The van der Waals surface area contributed by atoms with Gasteiger partial charge in [0.1, 0.15) is 5.75 Å². The molecule has 2 aromatic heterocycles. The van der Waals surface area contributed by atoms with E-state index in [4.69, 9.17) is 4.74 Å². The lowest BCUT2D eigenvalue weighted by atomic mass is 10.1. The highest BCUT2D eigenvalue weighted by Crippen LogP contribution is 2.35. The first-order valence-electron chi connectivity index (χ1n) is 7.04. The number of methoxy groups -OCH3 is 1. The third kappa shape index (κ3) is 3.66. The van der Waals surface area contributed by atoms with E-state index in [0.717, 1.165) is 23.1 Å². The van der Waals surface area contributed by atoms with Crippen molar-refractivity contribution in [2.45, 2.75) is 6.18 Å². The predicted octanol–water partition coefficient (Wildman–Crippen LogP) is 4.42. The van der Waals surface area contributed by atoms with Crippen LogP contribution in [0.2, 0.25) is 0 Å². The fraction of sp³-hybridized carbons (Fsp3) is 0.125. The summed E-state index contributed by atoms with van der Waals surface area (Å²) in [5, 5.41) is 10.9. The lowest BCUT2D eigenvalue weighted by Crippen LogP contribution is -2.14. The van der Waals surface area contributed by atoms with Crippen LogP contribution in [-0.2, 0) is 6.18 Å². The van der Waals surface area contributed by atoms with E-state index in [-0.39, 0.29) is 17.1 Å². The molecule has 0 spiro atoms. The molecule has 0 saturated carbocycles. The summed E-state index contributed by atoms with van der Waals surface area (Å²) in [7, 11) is 1.31. The van der Waals surface area contributed by atoms with Crippen LogP contribution in [0.15, 0.2) is 41.8 Å². The summed E-state index contributed by atoms with van der Waals surface area (Å²) in [4.78, 5) is 13.2. The molecule has 5 nitrogen and oxygen atoms in total. The lowest BCUT2D eigenvalue weighted by Gasteiger charge is -2.13. The standard InChI is InChI=1S/C16H12F3N3O2S/c1-24-13-5-4-9(16(17,18)19)7-10(13)20-15(23)12-8-11(21-22-12)14-3-2-6-25-14/h2-8H,1H3,(H,20,23)(H,21,22). The summed E-state index contributed by atoms with van der Waals surface area (Å²) in [5.74, 6) is -0.521. The van der Waals surface area contributed by atoms with Crippen LogP contribution in [0.1, 0.15) is 16.1 Å². The fourth-order valence-electron chi connectivity index (χ4n) is 2.16. The molecule has 0 fully saturated rings. The van der Waals surface area contributed by atoms with Crippen LogP contribution in [-0.4, -0.2) is 23.2 Å². The van der Waals surface area contributed by atoms with Crippen LogP contribution in [0.25, 0.3) is 10.6 Å². The number of aromatic amines is 1. The van der Waals surface area contributed by atoms with Gasteiger partial charge in [0.05, 0.1) is 28.9 Å². The third-order valence-electron chi connectivity index (χ3n) is 3.37. The maximum absolute atomic E-state index is 12.9. The first kappa shape index (κ1) is 17.0. The number of hydrogen-bond donors (Lipinski definition) is 2. The molecular weight excluding hydrogens is 355 g/mol. The van der Waals surface area contributed by atoms with E-state index in [1.807, 2.05) is 17.5 Å². The summed E-state index contributed by atoms with van der Waals surface area (Å²) in [6.07, 6.45) is -4.52. The van der Waals surface area contributed by atoms with Crippen LogP contribution in [0.5, 0.6) is 5.75 Å². The maximum atomic E-state index is 12.9. The number of amides is 1. The molecule has 0 unspecified atom stereocenters. The van der Waals surface area contributed by atoms with Crippen LogP contribution < -0.4 is 10.1 Å². The Morgan fingerprint density at radius 3 is 2.72 bits per heavy atom. The van der Waals surface area contributed by atoms with Gasteiger partial charge in [-0.15, -0.1) is 11.3 Å². The molecule has 25 heavy (non-hydrogen) atoms. The molecule has 3 rings (SSSR count). The number of rotatable bonds is 4. The Morgan fingerprint density at radius 2 is 2.08 bits per heavy atom. The minimum absolute atomic E-state index is 0.0582. The molecule has 0 aliphatic rings. The van der Waals surface area contributed by atoms with Gasteiger partial charge >= 0.3 is 6.18 Å². The first-order valence-corrected chi connectivity index (χ1v) is 7.92. The maximum Gasteiger partial charge on any atom is 0.416 e. The van der Waals surface area contributed by atoms with Gasteiger partial charge in [-0.25, -0.2) is 0 Å². The van der Waals surface area contributed by atoms with E-state index in [2.05, 4.69) is 15.5 Å². The van der Waals surface area contributed by atoms with Gasteiger partial charge in [0.15, 0.2) is 5.69 Å². The highest BCUT2D eigenvalue weighted by Gasteiger charge is 2.31. The van der Waals surface area contributed by atoms with Crippen LogP contribution >= 0.6 is 11.3 Å². The number of halogens is 3. The van der Waals surface area contributed by atoms with Crippen molar-refractivity contribution in [1.29, 1.82) is 0 Å². The van der Waals surface area contributed by atoms with E-state index in [1.54, 1.807) is 0 Å². The third-order valence-corrected chi connectivity index (χ3v) is 4.28. The zero-order valence-electron chi connectivity index (χ0n) is 12.8. The summed E-state index contributed by atoms with van der Waals surface area (Å²) >= 11 is 1.47. The number of carbonyl (C=O) groups excluding carboxylic acids is 1. The number of thiophene rings is 1. The monoisotopic (exact) mass is 367 g/mol. The van der Waals surface area contributed by atoms with Gasteiger partial charge in [0.2, 0.25) is 0 Å². The molecule has 1 aromatic carbocycles. The Morgan fingerprint density at radius 1 is 1.28 bits per heavy atom. The fourth-order valence-corrected chi connectivity index (χ4v) is 2.86. The summed E-state index contributed by atoms with van der Waals surface area (Å²) in [5.41, 5.74) is -0.257. The highest BCUT2D eigenvalue weighted by atomic mass is 32.1. The second kappa shape index (κ2) is 6.60. The molecule has 0 saturated heterocycles. The number of ether oxygens (including phenoxy) is 1. The summed E-state index contributed by atoms with van der Waals surface area (Å²) in [6, 6.07) is 8.10. The zero-order chi connectivity index (χ0) is 18.0. The summed E-state index contributed by atoms with van der Waals surface area (Å²) in [6.45, 7) is 0. The van der Waals surface area contributed by atoms with Crippen LogP contribution in [0, 0.1) is 0 Å². The van der Waals surface area contributed by atoms with E-state index >= 15 is 0 Å². The SMILES string of the molecule is COc1ccc(C(F)(F)F)cc1NC(=O)c1cc(-c2cccs2)[nH]n1. The molecule has 0 atom stereocenters.